The highest BCUT2D eigenvalue weighted by Crippen LogP contribution is 2.27. The van der Waals surface area contributed by atoms with E-state index in [2.05, 4.69) is 5.32 Å². The van der Waals surface area contributed by atoms with Crippen molar-refractivity contribution in [1.82, 2.24) is 9.80 Å². The van der Waals surface area contributed by atoms with Crippen LogP contribution in [0.1, 0.15) is 23.6 Å². The summed E-state index contributed by atoms with van der Waals surface area (Å²) in [5.74, 6) is 0.512. The van der Waals surface area contributed by atoms with Gasteiger partial charge in [-0.15, -0.1) is 0 Å². The minimum Gasteiger partial charge on any atom is -0.494 e. The zero-order chi connectivity index (χ0) is 24.3. The smallest absolute Gasteiger partial charge is 0.293 e. The van der Waals surface area contributed by atoms with Crippen LogP contribution in [0.25, 0.3) is 0 Å². The Bertz CT molecular complexity index is 913. The number of carbonyl (C=O) groups is 2. The minimum absolute atomic E-state index is 0.0967. The first-order chi connectivity index (χ1) is 15.1. The molecule has 0 heterocycles. The van der Waals surface area contributed by atoms with Crippen LogP contribution >= 0.6 is 0 Å². The highest BCUT2D eigenvalue weighted by atomic mass is 16.6. The number of nitrogens with one attached hydrogen (secondary N) is 1. The number of aryl methyl sites for hydroxylation is 2. The highest BCUT2D eigenvalue weighted by Gasteiger charge is 2.18. The molecule has 0 spiro atoms. The molecule has 0 aliphatic rings. The van der Waals surface area contributed by atoms with E-state index in [4.69, 9.17) is 4.74 Å². The Balaban J connectivity index is 0.000000920. The summed E-state index contributed by atoms with van der Waals surface area (Å²) in [7, 11) is 5.20. The number of rotatable bonds is 9. The molecule has 2 rings (SSSR count). The Labute approximate surface area is 189 Å². The van der Waals surface area contributed by atoms with Crippen molar-refractivity contribution >= 4 is 23.7 Å². The molecule has 0 saturated heterocycles. The fourth-order valence-electron chi connectivity index (χ4n) is 2.71. The van der Waals surface area contributed by atoms with Crippen LogP contribution in [0.3, 0.4) is 0 Å². The summed E-state index contributed by atoms with van der Waals surface area (Å²) >= 11 is 0. The third-order valence-electron chi connectivity index (χ3n) is 4.39. The zero-order valence-electron chi connectivity index (χ0n) is 19.5. The van der Waals surface area contributed by atoms with Gasteiger partial charge in [-0.05, 0) is 62.7 Å². The van der Waals surface area contributed by atoms with Gasteiger partial charge >= 0.3 is 0 Å². The summed E-state index contributed by atoms with van der Waals surface area (Å²) < 4.78 is 5.41. The van der Waals surface area contributed by atoms with E-state index in [1.54, 1.807) is 27.1 Å². The van der Waals surface area contributed by atoms with Gasteiger partial charge in [0.1, 0.15) is 11.4 Å². The Morgan fingerprint density at radius 2 is 1.69 bits per heavy atom. The molecule has 0 unspecified atom stereocenters. The van der Waals surface area contributed by atoms with Gasteiger partial charge in [0.15, 0.2) is 0 Å². The van der Waals surface area contributed by atoms with Crippen LogP contribution in [0.15, 0.2) is 36.4 Å². The molecule has 0 atom stereocenters. The number of anilines is 1. The van der Waals surface area contributed by atoms with E-state index in [0.29, 0.717) is 13.2 Å². The molecule has 2 aromatic carbocycles. The Morgan fingerprint density at radius 3 is 2.19 bits per heavy atom. The van der Waals surface area contributed by atoms with E-state index in [-0.39, 0.29) is 23.8 Å². The minimum atomic E-state index is -0.480. The van der Waals surface area contributed by atoms with Crippen LogP contribution < -0.4 is 10.1 Å². The van der Waals surface area contributed by atoms with E-state index in [1.807, 2.05) is 50.1 Å². The van der Waals surface area contributed by atoms with Gasteiger partial charge in [0.25, 0.3) is 5.69 Å². The van der Waals surface area contributed by atoms with Gasteiger partial charge in [-0.3, -0.25) is 24.6 Å². The monoisotopic (exact) mass is 444 g/mol. The fourth-order valence-corrected chi connectivity index (χ4v) is 2.71. The van der Waals surface area contributed by atoms with Crippen LogP contribution in [0.4, 0.5) is 11.4 Å². The van der Waals surface area contributed by atoms with Crippen LogP contribution in [-0.4, -0.2) is 61.3 Å². The van der Waals surface area contributed by atoms with Gasteiger partial charge in [0.05, 0.1) is 18.1 Å². The quantitative estimate of drug-likeness (QED) is 0.361. The van der Waals surface area contributed by atoms with Crippen LogP contribution in [0.2, 0.25) is 0 Å². The first kappa shape index (κ1) is 26.6. The number of likely N-dealkylation sites (N-methyl/N-ethyl adjacent to an activating group) is 1. The van der Waals surface area contributed by atoms with Crippen LogP contribution in [0.5, 0.6) is 5.75 Å². The molecule has 9 nitrogen and oxygen atoms in total. The number of nitro groups is 1. The van der Waals surface area contributed by atoms with Crippen molar-refractivity contribution in [3.05, 3.63) is 63.2 Å². The maximum absolute atomic E-state index is 12.3. The Morgan fingerprint density at radius 1 is 1.12 bits per heavy atom. The summed E-state index contributed by atoms with van der Waals surface area (Å²) in [5.41, 5.74) is 2.88. The normalized spacial score (nSPS) is 10.1. The predicted molar refractivity (Wildman–Crippen MR) is 125 cm³/mol. The molecule has 9 heteroatoms. The Hall–Kier alpha value is -3.46. The summed E-state index contributed by atoms with van der Waals surface area (Å²) in [6.45, 7) is 6.90. The summed E-state index contributed by atoms with van der Waals surface area (Å²) in [4.78, 5) is 35.8. The molecular formula is C23H32N4O5. The first-order valence-corrected chi connectivity index (χ1v) is 10.1. The average molecular weight is 445 g/mol. The number of amides is 2. The van der Waals surface area contributed by atoms with Crippen molar-refractivity contribution in [3.63, 3.8) is 0 Å². The van der Waals surface area contributed by atoms with E-state index < -0.39 is 4.92 Å². The lowest BCUT2D eigenvalue weighted by Gasteiger charge is -2.17. The standard InChI is InChI=1S/C20H25N3O4.C3H7NO/c1-5-27-17-8-6-16(7-9-17)12-22(4)13-20(24)21-18-10-14(2)15(3)11-19(18)23(25)26;1-4(2)3-5/h6-11H,5,12-13H2,1-4H3,(H,21,24);3H,1-2H3. The molecule has 0 aliphatic heterocycles. The van der Waals surface area contributed by atoms with Crippen molar-refractivity contribution in [3.8, 4) is 5.75 Å². The number of carbonyl (C=O) groups excluding carboxylic acids is 2. The largest absolute Gasteiger partial charge is 0.494 e. The molecule has 2 amide bonds. The number of hydrogen-bond acceptors (Lipinski definition) is 6. The molecule has 0 bridgehead atoms. The summed E-state index contributed by atoms with van der Waals surface area (Å²) in [6.07, 6.45) is 0.750. The molecule has 0 radical (unpaired) electrons. The molecule has 0 aromatic heterocycles. The van der Waals surface area contributed by atoms with E-state index in [0.717, 1.165) is 28.8 Å². The second-order valence-corrected chi connectivity index (χ2v) is 7.58. The van der Waals surface area contributed by atoms with Crippen molar-refractivity contribution in [2.45, 2.75) is 27.3 Å². The van der Waals surface area contributed by atoms with Gasteiger partial charge < -0.3 is 15.0 Å². The maximum atomic E-state index is 12.3. The zero-order valence-corrected chi connectivity index (χ0v) is 19.5. The number of nitrogens with zero attached hydrogens (tertiary/aromatic N) is 3. The predicted octanol–water partition coefficient (Wildman–Crippen LogP) is 3.39. The van der Waals surface area contributed by atoms with Gasteiger partial charge in [-0.2, -0.15) is 0 Å². The number of ether oxygens (including phenoxy) is 1. The molecule has 0 fully saturated rings. The van der Waals surface area contributed by atoms with Crippen molar-refractivity contribution < 1.29 is 19.2 Å². The van der Waals surface area contributed by atoms with Crippen LogP contribution in [0, 0.1) is 24.0 Å². The average Bonchev–Trinajstić information content (AvgIpc) is 2.72. The summed E-state index contributed by atoms with van der Waals surface area (Å²) in [6, 6.07) is 10.8. The maximum Gasteiger partial charge on any atom is 0.293 e. The van der Waals surface area contributed by atoms with E-state index >= 15 is 0 Å². The number of hydrogen-bond donors (Lipinski definition) is 1. The lowest BCUT2D eigenvalue weighted by Crippen LogP contribution is -2.30. The topological polar surface area (TPSA) is 105 Å². The molecule has 0 saturated carbocycles. The van der Waals surface area contributed by atoms with Crippen molar-refractivity contribution in [1.29, 1.82) is 0 Å². The lowest BCUT2D eigenvalue weighted by atomic mass is 10.1. The van der Waals surface area contributed by atoms with Gasteiger partial charge in [0.2, 0.25) is 12.3 Å². The molecule has 1 N–H and O–H groups in total. The Kier molecular flexibility index (Phi) is 10.8. The fraction of sp³-hybridized carbons (Fsp3) is 0.391. The molecule has 174 valence electrons. The van der Waals surface area contributed by atoms with Crippen molar-refractivity contribution in [2.75, 3.05) is 39.6 Å². The van der Waals surface area contributed by atoms with E-state index in [9.17, 15) is 19.7 Å². The SMILES string of the molecule is CCOc1ccc(CN(C)CC(=O)Nc2cc(C)c(C)cc2[N+](=O)[O-])cc1.CN(C)C=O. The summed E-state index contributed by atoms with van der Waals surface area (Å²) in [5, 5.41) is 13.9. The highest BCUT2D eigenvalue weighted by molar-refractivity contribution is 5.94. The lowest BCUT2D eigenvalue weighted by molar-refractivity contribution is -0.384. The number of nitro benzene ring substituents is 1. The molecule has 2 aromatic rings. The first-order valence-electron chi connectivity index (χ1n) is 10.1. The van der Waals surface area contributed by atoms with Gasteiger partial charge in [0, 0.05) is 26.7 Å². The number of benzene rings is 2. The van der Waals surface area contributed by atoms with Crippen molar-refractivity contribution in [2.24, 2.45) is 0 Å². The molecule has 32 heavy (non-hydrogen) atoms. The van der Waals surface area contributed by atoms with Crippen LogP contribution in [-0.2, 0) is 16.1 Å². The third kappa shape index (κ3) is 9.13. The van der Waals surface area contributed by atoms with Gasteiger partial charge in [-0.1, -0.05) is 12.1 Å². The second kappa shape index (κ2) is 13.1. The second-order valence-electron chi connectivity index (χ2n) is 7.58. The van der Waals surface area contributed by atoms with E-state index in [1.165, 1.54) is 11.0 Å². The third-order valence-corrected chi connectivity index (χ3v) is 4.39. The van der Waals surface area contributed by atoms with Gasteiger partial charge in [-0.25, -0.2) is 0 Å². The molecule has 0 aliphatic carbocycles. The molecular weight excluding hydrogens is 412 g/mol.